The van der Waals surface area contributed by atoms with Crippen LogP contribution in [-0.2, 0) is 16.2 Å². The average molecular weight is 545 g/mol. The molecule has 0 unspecified atom stereocenters. The van der Waals surface area contributed by atoms with Crippen molar-refractivity contribution in [3.05, 3.63) is 86.8 Å². The van der Waals surface area contributed by atoms with Crippen LogP contribution in [-0.4, -0.2) is 24.6 Å². The molecule has 0 bridgehead atoms. The highest BCUT2D eigenvalue weighted by Gasteiger charge is 2.14. The Balaban J connectivity index is 1.64. The number of hydrogen-bond acceptors (Lipinski definition) is 5. The maximum Gasteiger partial charge on any atom is 0.329 e. The molecule has 0 aliphatic rings. The molecule has 0 aliphatic carbocycles. The van der Waals surface area contributed by atoms with Gasteiger partial charge in [0.15, 0.2) is 11.5 Å². The third kappa shape index (κ3) is 7.33. The van der Waals surface area contributed by atoms with Crippen LogP contribution in [0, 0.1) is 6.92 Å². The fourth-order valence-electron chi connectivity index (χ4n) is 2.89. The third-order valence-corrected chi connectivity index (χ3v) is 5.32. The van der Waals surface area contributed by atoms with E-state index >= 15 is 0 Å². The number of halogens is 2. The van der Waals surface area contributed by atoms with Crippen molar-refractivity contribution in [2.24, 2.45) is 5.10 Å². The van der Waals surface area contributed by atoms with E-state index in [2.05, 4.69) is 31.8 Å². The molecular weight excluding hydrogens is 522 g/mol. The Hall–Kier alpha value is -3.36. The molecule has 0 radical (unpaired) electrons. The van der Waals surface area contributed by atoms with Crippen LogP contribution < -0.4 is 20.2 Å². The minimum Gasteiger partial charge on any atom is -0.490 e. The Kier molecular flexibility index (Phi) is 9.07. The van der Waals surface area contributed by atoms with Crippen molar-refractivity contribution in [3.63, 3.8) is 0 Å². The molecule has 9 heteroatoms. The van der Waals surface area contributed by atoms with Crippen LogP contribution in [0.1, 0.15) is 23.6 Å². The quantitative estimate of drug-likeness (QED) is 0.223. The van der Waals surface area contributed by atoms with Crippen molar-refractivity contribution < 1.29 is 19.1 Å². The van der Waals surface area contributed by atoms with Gasteiger partial charge in [0.25, 0.3) is 0 Å². The lowest BCUT2D eigenvalue weighted by molar-refractivity contribution is -0.136. The van der Waals surface area contributed by atoms with Crippen LogP contribution in [0.3, 0.4) is 0 Å². The summed E-state index contributed by atoms with van der Waals surface area (Å²) < 4.78 is 12.3. The molecule has 0 saturated carbocycles. The second kappa shape index (κ2) is 12.2. The maximum absolute atomic E-state index is 12.0. The van der Waals surface area contributed by atoms with E-state index in [-0.39, 0.29) is 0 Å². The monoisotopic (exact) mass is 543 g/mol. The van der Waals surface area contributed by atoms with E-state index in [0.717, 1.165) is 11.1 Å². The van der Waals surface area contributed by atoms with Crippen molar-refractivity contribution in [3.8, 4) is 11.5 Å². The van der Waals surface area contributed by atoms with Crippen molar-refractivity contribution in [2.45, 2.75) is 20.5 Å². The lowest BCUT2D eigenvalue weighted by Gasteiger charge is -2.15. The maximum atomic E-state index is 12.0. The van der Waals surface area contributed by atoms with E-state index in [4.69, 9.17) is 21.1 Å². The second-order valence-corrected chi connectivity index (χ2v) is 8.49. The summed E-state index contributed by atoms with van der Waals surface area (Å²) in [7, 11) is 0. The molecule has 3 rings (SSSR count). The first-order valence-corrected chi connectivity index (χ1v) is 11.6. The highest BCUT2D eigenvalue weighted by atomic mass is 79.9. The molecule has 3 aromatic carbocycles. The first-order valence-electron chi connectivity index (χ1n) is 10.4. The number of carbonyl (C=O) groups is 2. The van der Waals surface area contributed by atoms with Crippen LogP contribution in [0.5, 0.6) is 11.5 Å². The molecule has 0 heterocycles. The number of amides is 2. The van der Waals surface area contributed by atoms with Gasteiger partial charge in [0.2, 0.25) is 0 Å². The fraction of sp³-hybridized carbons (Fsp3) is 0.160. The van der Waals surface area contributed by atoms with Gasteiger partial charge in [-0.15, -0.1) is 0 Å². The molecule has 0 atom stereocenters. The smallest absolute Gasteiger partial charge is 0.329 e. The van der Waals surface area contributed by atoms with E-state index in [1.807, 2.05) is 44.2 Å². The number of hydrazone groups is 1. The van der Waals surface area contributed by atoms with Crippen LogP contribution in [0.15, 0.2) is 70.2 Å². The van der Waals surface area contributed by atoms with Gasteiger partial charge in [0.1, 0.15) is 6.61 Å². The van der Waals surface area contributed by atoms with Crippen LogP contribution in [0.2, 0.25) is 5.02 Å². The number of nitrogens with one attached hydrogen (secondary N) is 2. The fourth-order valence-corrected chi connectivity index (χ4v) is 3.68. The number of ether oxygens (including phenoxy) is 2. The van der Waals surface area contributed by atoms with Gasteiger partial charge in [0.05, 0.1) is 17.3 Å². The number of aryl methyl sites for hydroxylation is 1. The van der Waals surface area contributed by atoms with E-state index in [1.54, 1.807) is 30.3 Å². The SMILES string of the molecule is CCOc1cc(C=NNC(=O)C(=O)Nc2ccc(C)cc2)cc(Br)c1OCc1cccc(Cl)c1. The summed E-state index contributed by atoms with van der Waals surface area (Å²) in [6.45, 7) is 4.53. The highest BCUT2D eigenvalue weighted by Crippen LogP contribution is 2.37. The van der Waals surface area contributed by atoms with Gasteiger partial charge in [-0.3, -0.25) is 9.59 Å². The second-order valence-electron chi connectivity index (χ2n) is 7.20. The number of benzene rings is 3. The minimum atomic E-state index is -0.887. The zero-order chi connectivity index (χ0) is 24.5. The highest BCUT2D eigenvalue weighted by molar-refractivity contribution is 9.10. The molecular formula is C25H23BrClN3O4. The molecule has 0 aromatic heterocycles. The van der Waals surface area contributed by atoms with Crippen LogP contribution in [0.4, 0.5) is 5.69 Å². The van der Waals surface area contributed by atoms with Crippen LogP contribution in [0.25, 0.3) is 0 Å². The molecule has 2 N–H and O–H groups in total. The minimum absolute atomic E-state index is 0.304. The van der Waals surface area contributed by atoms with Crippen molar-refractivity contribution in [2.75, 3.05) is 11.9 Å². The summed E-state index contributed by atoms with van der Waals surface area (Å²) in [6, 6.07) is 18.0. The van der Waals surface area contributed by atoms with Gasteiger partial charge >= 0.3 is 11.8 Å². The van der Waals surface area contributed by atoms with Gasteiger partial charge in [0, 0.05) is 10.7 Å². The molecule has 0 aliphatic heterocycles. The first kappa shape index (κ1) is 25.3. The number of hydrogen-bond donors (Lipinski definition) is 2. The first-order chi connectivity index (χ1) is 16.4. The molecule has 0 fully saturated rings. The van der Waals surface area contributed by atoms with E-state index < -0.39 is 11.8 Å². The Morgan fingerprint density at radius 1 is 1.06 bits per heavy atom. The van der Waals surface area contributed by atoms with Crippen molar-refractivity contribution in [1.82, 2.24) is 5.43 Å². The standard InChI is InChI=1S/C25H23BrClN3O4/c1-3-33-22-13-18(12-21(26)23(22)34-15-17-5-4-6-19(27)11-17)14-28-30-25(32)24(31)29-20-9-7-16(2)8-10-20/h4-14H,3,15H2,1-2H3,(H,29,31)(H,30,32). The Bertz CT molecular complexity index is 1200. The van der Waals surface area contributed by atoms with E-state index in [1.165, 1.54) is 6.21 Å². The molecule has 0 saturated heterocycles. The summed E-state index contributed by atoms with van der Waals surface area (Å²) in [4.78, 5) is 24.1. The molecule has 0 spiro atoms. The zero-order valence-corrected chi connectivity index (χ0v) is 20.9. The predicted octanol–water partition coefficient (Wildman–Crippen LogP) is 5.48. The summed E-state index contributed by atoms with van der Waals surface area (Å²) in [5.74, 6) is -0.673. The van der Waals surface area contributed by atoms with Gasteiger partial charge in [-0.25, -0.2) is 5.43 Å². The molecule has 2 amide bonds. The molecule has 7 nitrogen and oxygen atoms in total. The van der Waals surface area contributed by atoms with Crippen molar-refractivity contribution >= 4 is 51.2 Å². The number of carbonyl (C=O) groups excluding carboxylic acids is 2. The normalized spacial score (nSPS) is 10.7. The summed E-state index contributed by atoms with van der Waals surface area (Å²) >= 11 is 9.53. The average Bonchev–Trinajstić information content (AvgIpc) is 2.80. The summed E-state index contributed by atoms with van der Waals surface area (Å²) in [5, 5.41) is 7.02. The van der Waals surface area contributed by atoms with Gasteiger partial charge in [-0.1, -0.05) is 41.4 Å². The third-order valence-electron chi connectivity index (χ3n) is 4.50. The Labute approximate surface area is 211 Å². The van der Waals surface area contributed by atoms with Gasteiger partial charge in [-0.2, -0.15) is 5.10 Å². The van der Waals surface area contributed by atoms with Gasteiger partial charge < -0.3 is 14.8 Å². The number of nitrogens with zero attached hydrogens (tertiary/aromatic N) is 1. The molecule has 34 heavy (non-hydrogen) atoms. The number of anilines is 1. The summed E-state index contributed by atoms with van der Waals surface area (Å²) in [5.41, 5.74) is 5.33. The Morgan fingerprint density at radius 3 is 2.53 bits per heavy atom. The Morgan fingerprint density at radius 2 is 1.82 bits per heavy atom. The van der Waals surface area contributed by atoms with E-state index in [0.29, 0.717) is 45.5 Å². The van der Waals surface area contributed by atoms with E-state index in [9.17, 15) is 9.59 Å². The van der Waals surface area contributed by atoms with Crippen LogP contribution >= 0.6 is 27.5 Å². The lowest BCUT2D eigenvalue weighted by Crippen LogP contribution is -2.32. The predicted molar refractivity (Wildman–Crippen MR) is 137 cm³/mol. The topological polar surface area (TPSA) is 89.0 Å². The van der Waals surface area contributed by atoms with Gasteiger partial charge in [-0.05, 0) is 77.3 Å². The number of rotatable bonds is 8. The molecule has 176 valence electrons. The summed E-state index contributed by atoms with van der Waals surface area (Å²) in [6.07, 6.45) is 1.41. The largest absolute Gasteiger partial charge is 0.490 e. The zero-order valence-electron chi connectivity index (χ0n) is 18.6. The van der Waals surface area contributed by atoms with Crippen molar-refractivity contribution in [1.29, 1.82) is 0 Å². The lowest BCUT2D eigenvalue weighted by atomic mass is 10.2. The molecule has 3 aromatic rings.